The SMILES string of the molecule is Clc1ccc(C2OCCC2NCc2cn3ccsc3n2)cc1. The van der Waals surface area contributed by atoms with E-state index in [1.165, 1.54) is 5.56 Å². The van der Waals surface area contributed by atoms with E-state index in [0.717, 1.165) is 35.2 Å². The van der Waals surface area contributed by atoms with Crippen molar-refractivity contribution >= 4 is 27.9 Å². The zero-order valence-corrected chi connectivity index (χ0v) is 13.5. The van der Waals surface area contributed by atoms with Gasteiger partial charge < -0.3 is 10.1 Å². The highest BCUT2D eigenvalue weighted by atomic mass is 35.5. The van der Waals surface area contributed by atoms with E-state index in [2.05, 4.69) is 20.9 Å². The number of nitrogens with zero attached hydrogens (tertiary/aromatic N) is 2. The minimum absolute atomic E-state index is 0.0843. The number of nitrogens with one attached hydrogen (secondary N) is 1. The number of hydrogen-bond acceptors (Lipinski definition) is 4. The molecule has 3 heterocycles. The highest BCUT2D eigenvalue weighted by Gasteiger charge is 2.29. The molecule has 2 aromatic heterocycles. The van der Waals surface area contributed by atoms with Gasteiger partial charge >= 0.3 is 0 Å². The number of fused-ring (bicyclic) bond motifs is 1. The Morgan fingerprint density at radius 2 is 2.23 bits per heavy atom. The summed E-state index contributed by atoms with van der Waals surface area (Å²) in [7, 11) is 0. The second-order valence-electron chi connectivity index (χ2n) is 5.44. The number of rotatable bonds is 4. The first-order valence-electron chi connectivity index (χ1n) is 7.31. The number of hydrogen-bond donors (Lipinski definition) is 1. The van der Waals surface area contributed by atoms with Crippen molar-refractivity contribution in [3.63, 3.8) is 0 Å². The van der Waals surface area contributed by atoms with Crippen molar-refractivity contribution in [1.82, 2.24) is 14.7 Å². The smallest absolute Gasteiger partial charge is 0.193 e. The normalized spacial score (nSPS) is 21.7. The molecule has 2 atom stereocenters. The first-order valence-corrected chi connectivity index (χ1v) is 8.57. The molecule has 1 saturated heterocycles. The number of thiazole rings is 1. The van der Waals surface area contributed by atoms with Crippen molar-refractivity contribution in [2.24, 2.45) is 0 Å². The number of benzene rings is 1. The third kappa shape index (κ3) is 2.77. The van der Waals surface area contributed by atoms with Gasteiger partial charge in [0.15, 0.2) is 4.96 Å². The molecule has 114 valence electrons. The van der Waals surface area contributed by atoms with Gasteiger partial charge in [-0.1, -0.05) is 23.7 Å². The van der Waals surface area contributed by atoms with E-state index in [0.29, 0.717) is 6.04 Å². The minimum Gasteiger partial charge on any atom is -0.372 e. The quantitative estimate of drug-likeness (QED) is 0.791. The molecular formula is C16H16ClN3OS. The average Bonchev–Trinajstić information content (AvgIpc) is 3.21. The standard InChI is InChI=1S/C16H16ClN3OS/c17-12-3-1-11(2-4-12)15-14(5-7-21-15)18-9-13-10-20-6-8-22-16(20)19-13/h1-4,6,8,10,14-15,18H,5,7,9H2. The van der Waals surface area contributed by atoms with E-state index in [4.69, 9.17) is 16.3 Å². The van der Waals surface area contributed by atoms with E-state index < -0.39 is 0 Å². The van der Waals surface area contributed by atoms with Crippen molar-refractivity contribution < 1.29 is 4.74 Å². The van der Waals surface area contributed by atoms with E-state index in [1.54, 1.807) is 11.3 Å². The predicted octanol–water partition coefficient (Wildman–Crippen LogP) is 3.67. The van der Waals surface area contributed by atoms with Crippen LogP contribution in [0.2, 0.25) is 5.02 Å². The van der Waals surface area contributed by atoms with Crippen LogP contribution in [-0.4, -0.2) is 22.0 Å². The first kappa shape index (κ1) is 14.2. The van der Waals surface area contributed by atoms with Crippen LogP contribution in [0.25, 0.3) is 4.96 Å². The Kier molecular flexibility index (Phi) is 3.88. The van der Waals surface area contributed by atoms with Crippen LogP contribution in [0.15, 0.2) is 42.0 Å². The van der Waals surface area contributed by atoms with Crippen molar-refractivity contribution in [2.75, 3.05) is 6.61 Å². The Hall–Kier alpha value is -1.40. The molecule has 0 spiro atoms. The average molecular weight is 334 g/mol. The summed E-state index contributed by atoms with van der Waals surface area (Å²) in [6.07, 6.45) is 5.20. The van der Waals surface area contributed by atoms with Gasteiger partial charge in [0.05, 0.1) is 11.8 Å². The van der Waals surface area contributed by atoms with Crippen LogP contribution in [0.3, 0.4) is 0 Å². The lowest BCUT2D eigenvalue weighted by Gasteiger charge is -2.20. The molecule has 4 nitrogen and oxygen atoms in total. The summed E-state index contributed by atoms with van der Waals surface area (Å²) in [6, 6.07) is 8.22. The molecule has 22 heavy (non-hydrogen) atoms. The summed E-state index contributed by atoms with van der Waals surface area (Å²) < 4.78 is 7.95. The molecule has 0 bridgehead atoms. The molecule has 1 N–H and O–H groups in total. The minimum atomic E-state index is 0.0843. The van der Waals surface area contributed by atoms with Crippen molar-refractivity contribution in [3.05, 3.63) is 58.3 Å². The Balaban J connectivity index is 1.44. The largest absolute Gasteiger partial charge is 0.372 e. The highest BCUT2D eigenvalue weighted by Crippen LogP contribution is 2.30. The topological polar surface area (TPSA) is 38.6 Å². The molecular weight excluding hydrogens is 318 g/mol. The molecule has 0 amide bonds. The fraction of sp³-hybridized carbons (Fsp3) is 0.312. The molecule has 4 rings (SSSR count). The number of imidazole rings is 1. The van der Waals surface area contributed by atoms with Gasteiger partial charge in [0, 0.05) is 42.0 Å². The maximum atomic E-state index is 5.96. The molecule has 2 unspecified atom stereocenters. The van der Waals surface area contributed by atoms with Crippen LogP contribution in [0.1, 0.15) is 23.8 Å². The van der Waals surface area contributed by atoms with Gasteiger partial charge in [-0.2, -0.15) is 0 Å². The maximum absolute atomic E-state index is 5.96. The monoisotopic (exact) mass is 333 g/mol. The summed E-state index contributed by atoms with van der Waals surface area (Å²) in [5.41, 5.74) is 2.24. The highest BCUT2D eigenvalue weighted by molar-refractivity contribution is 7.15. The molecule has 1 aromatic carbocycles. The van der Waals surface area contributed by atoms with Crippen LogP contribution in [0.5, 0.6) is 0 Å². The fourth-order valence-corrected chi connectivity index (χ4v) is 3.72. The molecule has 3 aromatic rings. The Labute approximate surface area is 137 Å². The fourth-order valence-electron chi connectivity index (χ4n) is 2.88. The Morgan fingerprint density at radius 1 is 1.36 bits per heavy atom. The second kappa shape index (κ2) is 6.01. The lowest BCUT2D eigenvalue weighted by molar-refractivity contribution is 0.0984. The summed E-state index contributed by atoms with van der Waals surface area (Å²) >= 11 is 7.61. The third-order valence-corrected chi connectivity index (χ3v) is 5.00. The summed E-state index contributed by atoms with van der Waals surface area (Å²) in [4.78, 5) is 5.64. The van der Waals surface area contributed by atoms with Crippen LogP contribution in [0.4, 0.5) is 0 Å². The van der Waals surface area contributed by atoms with Crippen LogP contribution >= 0.6 is 22.9 Å². The second-order valence-corrected chi connectivity index (χ2v) is 6.75. The Morgan fingerprint density at radius 3 is 3.05 bits per heavy atom. The van der Waals surface area contributed by atoms with E-state index in [-0.39, 0.29) is 6.10 Å². The van der Waals surface area contributed by atoms with Crippen LogP contribution in [-0.2, 0) is 11.3 Å². The number of aromatic nitrogens is 2. The zero-order chi connectivity index (χ0) is 14.9. The predicted molar refractivity (Wildman–Crippen MR) is 88.5 cm³/mol. The molecule has 0 radical (unpaired) electrons. The molecule has 6 heteroatoms. The summed E-state index contributed by atoms with van der Waals surface area (Å²) in [5, 5.41) is 6.38. The van der Waals surface area contributed by atoms with E-state index >= 15 is 0 Å². The van der Waals surface area contributed by atoms with Crippen molar-refractivity contribution in [3.8, 4) is 0 Å². The van der Waals surface area contributed by atoms with Gasteiger partial charge in [-0.05, 0) is 24.1 Å². The summed E-state index contributed by atoms with van der Waals surface area (Å²) in [6.45, 7) is 1.54. The number of halogens is 1. The van der Waals surface area contributed by atoms with Crippen molar-refractivity contribution in [1.29, 1.82) is 0 Å². The lowest BCUT2D eigenvalue weighted by Crippen LogP contribution is -2.31. The van der Waals surface area contributed by atoms with Gasteiger partial charge in [-0.3, -0.25) is 4.40 Å². The van der Waals surface area contributed by atoms with E-state index in [1.807, 2.05) is 35.8 Å². The molecule has 1 fully saturated rings. The third-order valence-electron chi connectivity index (χ3n) is 3.98. The molecule has 0 saturated carbocycles. The van der Waals surface area contributed by atoms with Crippen LogP contribution < -0.4 is 5.32 Å². The van der Waals surface area contributed by atoms with Crippen molar-refractivity contribution in [2.45, 2.75) is 25.1 Å². The molecule has 1 aliphatic rings. The number of ether oxygens (including phenoxy) is 1. The Bertz CT molecular complexity index is 739. The first-order chi connectivity index (χ1) is 10.8. The summed E-state index contributed by atoms with van der Waals surface area (Å²) in [5.74, 6) is 0. The van der Waals surface area contributed by atoms with E-state index in [9.17, 15) is 0 Å². The van der Waals surface area contributed by atoms with Gasteiger partial charge in [0.25, 0.3) is 0 Å². The van der Waals surface area contributed by atoms with Gasteiger partial charge in [-0.25, -0.2) is 4.98 Å². The van der Waals surface area contributed by atoms with Gasteiger partial charge in [0.2, 0.25) is 0 Å². The lowest BCUT2D eigenvalue weighted by atomic mass is 10.0. The zero-order valence-electron chi connectivity index (χ0n) is 11.9. The molecule has 1 aliphatic heterocycles. The maximum Gasteiger partial charge on any atom is 0.193 e. The molecule has 0 aliphatic carbocycles. The van der Waals surface area contributed by atoms with Gasteiger partial charge in [0.1, 0.15) is 0 Å². The van der Waals surface area contributed by atoms with Gasteiger partial charge in [-0.15, -0.1) is 11.3 Å². The van der Waals surface area contributed by atoms with Crippen LogP contribution in [0, 0.1) is 0 Å².